The van der Waals surface area contributed by atoms with Crippen LogP contribution < -0.4 is 4.90 Å². The Morgan fingerprint density at radius 3 is 1.59 bits per heavy atom. The van der Waals surface area contributed by atoms with Gasteiger partial charge in [-0.1, -0.05) is 182 Å². The van der Waals surface area contributed by atoms with Gasteiger partial charge in [-0.2, -0.15) is 0 Å². The molecule has 0 amide bonds. The number of fused-ring (bicyclic) bond motifs is 6. The maximum Gasteiger partial charge on any atom is 0.145 e. The van der Waals surface area contributed by atoms with Crippen LogP contribution in [0.2, 0.25) is 0 Å². The summed E-state index contributed by atoms with van der Waals surface area (Å²) >= 11 is 0. The van der Waals surface area contributed by atoms with Crippen LogP contribution >= 0.6 is 0 Å². The third-order valence-electron chi connectivity index (χ3n) is 11.5. The Hall–Kier alpha value is -7.68. The quantitative estimate of drug-likeness (QED) is 0.151. The summed E-state index contributed by atoms with van der Waals surface area (Å²) in [6, 6.07) is 80.6. The molecule has 0 fully saturated rings. The van der Waals surface area contributed by atoms with E-state index < -0.39 is 0 Å². The second kappa shape index (κ2) is 14.1. The van der Waals surface area contributed by atoms with E-state index in [2.05, 4.69) is 229 Å². The Balaban J connectivity index is 1.12. The zero-order valence-corrected chi connectivity index (χ0v) is 31.7. The number of nitrogens with zero attached hydrogens (tertiary/aromatic N) is 1. The Morgan fingerprint density at radius 1 is 0.310 bits per heavy atom. The van der Waals surface area contributed by atoms with Crippen molar-refractivity contribution in [2.75, 3.05) is 4.90 Å². The van der Waals surface area contributed by atoms with Crippen LogP contribution in [0.5, 0.6) is 0 Å². The topological polar surface area (TPSA) is 16.4 Å². The highest BCUT2D eigenvalue weighted by molar-refractivity contribution is 6.20. The normalized spacial score (nSPS) is 11.4. The SMILES string of the molecule is c1ccc(-c2ccc(-c3ccc(N(c4ccc(-c5cccc(-c6ccccc6)c5)cc4)c4cccc5ccc6ccccc6c45)c4c3oc3ccccc34)cc2)cc1. The maximum atomic E-state index is 6.87. The van der Waals surface area contributed by atoms with Gasteiger partial charge in [0.2, 0.25) is 0 Å². The van der Waals surface area contributed by atoms with E-state index in [-0.39, 0.29) is 0 Å². The smallest absolute Gasteiger partial charge is 0.145 e. The highest BCUT2D eigenvalue weighted by Gasteiger charge is 2.24. The molecule has 0 spiro atoms. The van der Waals surface area contributed by atoms with Crippen LogP contribution in [0.15, 0.2) is 229 Å². The van der Waals surface area contributed by atoms with Crippen molar-refractivity contribution in [2.24, 2.45) is 0 Å². The largest absolute Gasteiger partial charge is 0.455 e. The van der Waals surface area contributed by atoms with Crippen molar-refractivity contribution < 1.29 is 4.42 Å². The molecule has 0 radical (unpaired) electrons. The molecule has 0 unspecified atom stereocenters. The van der Waals surface area contributed by atoms with E-state index in [1.54, 1.807) is 0 Å². The Labute approximate surface area is 337 Å². The third-order valence-corrected chi connectivity index (χ3v) is 11.5. The average Bonchev–Trinajstić information content (AvgIpc) is 3.70. The van der Waals surface area contributed by atoms with Crippen LogP contribution in [-0.2, 0) is 0 Å². The molecule has 11 rings (SSSR count). The van der Waals surface area contributed by atoms with E-state index in [1.807, 2.05) is 0 Å². The summed E-state index contributed by atoms with van der Waals surface area (Å²) in [7, 11) is 0. The molecule has 0 aliphatic carbocycles. The molecule has 0 saturated heterocycles. The molecule has 272 valence electrons. The van der Waals surface area contributed by atoms with Crippen LogP contribution in [0.25, 0.3) is 88.0 Å². The number of furan rings is 1. The summed E-state index contributed by atoms with van der Waals surface area (Å²) in [5.74, 6) is 0. The minimum absolute atomic E-state index is 0.865. The highest BCUT2D eigenvalue weighted by Crippen LogP contribution is 2.48. The summed E-state index contributed by atoms with van der Waals surface area (Å²) < 4.78 is 6.87. The molecule has 10 aromatic carbocycles. The molecular formula is C56H37NO. The fraction of sp³-hybridized carbons (Fsp3) is 0. The molecule has 2 nitrogen and oxygen atoms in total. The Kier molecular flexibility index (Phi) is 8.19. The zero-order chi connectivity index (χ0) is 38.4. The van der Waals surface area contributed by atoms with Crippen molar-refractivity contribution >= 4 is 60.5 Å². The lowest BCUT2D eigenvalue weighted by Crippen LogP contribution is -2.11. The number of hydrogen-bond donors (Lipinski definition) is 0. The van der Waals surface area contributed by atoms with Crippen LogP contribution in [0.1, 0.15) is 0 Å². The van der Waals surface area contributed by atoms with Crippen LogP contribution in [-0.4, -0.2) is 0 Å². The first-order valence-electron chi connectivity index (χ1n) is 19.8. The first-order valence-corrected chi connectivity index (χ1v) is 19.8. The molecular weight excluding hydrogens is 703 g/mol. The lowest BCUT2D eigenvalue weighted by Gasteiger charge is -2.28. The van der Waals surface area contributed by atoms with Crippen molar-refractivity contribution in [3.63, 3.8) is 0 Å². The maximum absolute atomic E-state index is 6.87. The predicted molar refractivity (Wildman–Crippen MR) is 245 cm³/mol. The summed E-state index contributed by atoms with van der Waals surface area (Å²) in [5.41, 5.74) is 14.3. The Morgan fingerprint density at radius 2 is 0.828 bits per heavy atom. The van der Waals surface area contributed by atoms with Crippen LogP contribution in [0, 0.1) is 0 Å². The van der Waals surface area contributed by atoms with Crippen LogP contribution in [0.3, 0.4) is 0 Å². The van der Waals surface area contributed by atoms with Gasteiger partial charge in [0.1, 0.15) is 11.2 Å². The van der Waals surface area contributed by atoms with Gasteiger partial charge in [0.15, 0.2) is 0 Å². The molecule has 2 heteroatoms. The van der Waals surface area contributed by atoms with Gasteiger partial charge in [-0.3, -0.25) is 0 Å². The van der Waals surface area contributed by atoms with E-state index >= 15 is 0 Å². The van der Waals surface area contributed by atoms with Crippen molar-refractivity contribution in [3.8, 4) is 44.5 Å². The van der Waals surface area contributed by atoms with Gasteiger partial charge in [0.25, 0.3) is 0 Å². The Bertz CT molecular complexity index is 3250. The van der Waals surface area contributed by atoms with Crippen molar-refractivity contribution in [2.45, 2.75) is 0 Å². The van der Waals surface area contributed by atoms with E-state index in [4.69, 9.17) is 4.42 Å². The second-order valence-electron chi connectivity index (χ2n) is 14.9. The number of benzene rings is 10. The number of anilines is 3. The summed E-state index contributed by atoms with van der Waals surface area (Å²) in [5, 5.41) is 7.00. The molecule has 0 aliphatic rings. The van der Waals surface area contributed by atoms with Gasteiger partial charge in [-0.25, -0.2) is 0 Å². The van der Waals surface area contributed by atoms with Crippen LogP contribution in [0.4, 0.5) is 17.1 Å². The minimum Gasteiger partial charge on any atom is -0.455 e. The zero-order valence-electron chi connectivity index (χ0n) is 31.7. The van der Waals surface area contributed by atoms with E-state index in [0.717, 1.165) is 55.7 Å². The molecule has 1 heterocycles. The first kappa shape index (κ1) is 33.6. The van der Waals surface area contributed by atoms with Crippen molar-refractivity contribution in [3.05, 3.63) is 224 Å². The average molecular weight is 740 g/mol. The monoisotopic (exact) mass is 739 g/mol. The number of hydrogen-bond acceptors (Lipinski definition) is 2. The molecule has 11 aromatic rings. The van der Waals surface area contributed by atoms with Gasteiger partial charge >= 0.3 is 0 Å². The van der Waals surface area contributed by atoms with E-state index in [1.165, 1.54) is 49.4 Å². The number of para-hydroxylation sites is 1. The van der Waals surface area contributed by atoms with Crippen molar-refractivity contribution in [1.82, 2.24) is 0 Å². The lowest BCUT2D eigenvalue weighted by atomic mass is 9.96. The van der Waals surface area contributed by atoms with Crippen molar-refractivity contribution in [1.29, 1.82) is 0 Å². The first-order chi connectivity index (χ1) is 28.8. The molecule has 0 N–H and O–H groups in total. The van der Waals surface area contributed by atoms with Gasteiger partial charge in [0.05, 0.1) is 16.8 Å². The molecule has 0 aliphatic heterocycles. The number of rotatable bonds is 7. The van der Waals surface area contributed by atoms with E-state index in [9.17, 15) is 0 Å². The second-order valence-corrected chi connectivity index (χ2v) is 14.9. The minimum atomic E-state index is 0.865. The van der Waals surface area contributed by atoms with E-state index in [0.29, 0.717) is 0 Å². The van der Waals surface area contributed by atoms with Gasteiger partial charge < -0.3 is 9.32 Å². The molecule has 0 saturated carbocycles. The lowest BCUT2D eigenvalue weighted by molar-refractivity contribution is 0.670. The van der Waals surface area contributed by atoms with Gasteiger partial charge in [-0.05, 0) is 97.6 Å². The fourth-order valence-electron chi connectivity index (χ4n) is 8.64. The highest BCUT2D eigenvalue weighted by atomic mass is 16.3. The summed E-state index contributed by atoms with van der Waals surface area (Å²) in [6.45, 7) is 0. The summed E-state index contributed by atoms with van der Waals surface area (Å²) in [6.07, 6.45) is 0. The molecule has 58 heavy (non-hydrogen) atoms. The summed E-state index contributed by atoms with van der Waals surface area (Å²) in [4.78, 5) is 2.44. The molecule has 1 aromatic heterocycles. The standard InChI is InChI=1S/C56H37NO/c1-3-13-38(14-4-1)40-25-27-43(28-26-40)49-35-36-52(55-50-22-9-10-24-53(50)58-56(49)55)57(51-23-12-18-44-30-29-42-17-7-8-21-48(42)54(44)51)47-33-31-41(32-34-47)46-20-11-19-45(37-46)39-15-5-2-6-16-39/h1-37H. The third kappa shape index (κ3) is 5.82. The van der Waals surface area contributed by atoms with Gasteiger partial charge in [0, 0.05) is 22.0 Å². The molecule has 0 atom stereocenters. The van der Waals surface area contributed by atoms with Gasteiger partial charge in [-0.15, -0.1) is 0 Å². The molecule has 0 bridgehead atoms. The predicted octanol–water partition coefficient (Wildman–Crippen LogP) is 16.0. The fourth-order valence-corrected chi connectivity index (χ4v) is 8.64.